The lowest BCUT2D eigenvalue weighted by Gasteiger charge is -2.26. The van der Waals surface area contributed by atoms with Crippen molar-refractivity contribution in [1.82, 2.24) is 0 Å². The van der Waals surface area contributed by atoms with E-state index in [1.54, 1.807) is 23.0 Å². The lowest BCUT2D eigenvalue weighted by atomic mass is 9.78. The smallest absolute Gasteiger partial charge is 0.119 e. The molecule has 2 aromatic rings. The summed E-state index contributed by atoms with van der Waals surface area (Å²) in [6.07, 6.45) is -1.33. The van der Waals surface area contributed by atoms with E-state index < -0.39 is 12.2 Å². The third kappa shape index (κ3) is 6.77. The molecule has 0 saturated carbocycles. The molecule has 0 bridgehead atoms. The molecule has 0 aliphatic heterocycles. The predicted octanol–water partition coefficient (Wildman–Crippen LogP) is 4.10. The number of hydrogen-bond acceptors (Lipinski definition) is 5. The number of hydrogen-bond donors (Lipinski definition) is 2. The first kappa shape index (κ1) is 23.2. The van der Waals surface area contributed by atoms with Crippen LogP contribution in [0.15, 0.2) is 48.5 Å². The summed E-state index contributed by atoms with van der Waals surface area (Å²) in [5, 5.41) is 19.1. The topological polar surface area (TPSA) is 68.2 Å². The van der Waals surface area contributed by atoms with Crippen LogP contribution in [0.1, 0.15) is 25.0 Å². The quantitative estimate of drug-likeness (QED) is 0.345. The van der Waals surface area contributed by atoms with Gasteiger partial charge in [0.05, 0.1) is 12.5 Å². The zero-order valence-corrected chi connectivity index (χ0v) is 18.9. The number of aliphatic hydroxyl groups is 2. The van der Waals surface area contributed by atoms with Crippen LogP contribution in [0.3, 0.4) is 0 Å². The van der Waals surface area contributed by atoms with Crippen molar-refractivity contribution in [2.24, 2.45) is 0 Å². The van der Waals surface area contributed by atoms with Gasteiger partial charge in [-0.2, -0.15) is 0 Å². The Hall–Kier alpha value is -1.06. The minimum atomic E-state index is -0.672. The molecule has 0 aliphatic rings. The third-order valence-corrected chi connectivity index (χ3v) is 5.19. The van der Waals surface area contributed by atoms with E-state index in [0.29, 0.717) is 11.5 Å². The molecule has 0 amide bonds. The summed E-state index contributed by atoms with van der Waals surface area (Å²) in [7, 11) is 0. The normalized spacial score (nSPS) is 13.8. The Morgan fingerprint density at radius 3 is 1.64 bits per heavy atom. The Kier molecular flexibility index (Phi) is 9.30. The molecule has 5 nitrogen and oxygen atoms in total. The van der Waals surface area contributed by atoms with Crippen LogP contribution in [0.2, 0.25) is 0 Å². The van der Waals surface area contributed by atoms with Crippen molar-refractivity contribution in [3.8, 4) is 11.5 Å². The second-order valence-electron chi connectivity index (χ2n) is 7.03. The summed E-state index contributed by atoms with van der Waals surface area (Å²) in [5.41, 5.74) is 2.07. The highest BCUT2D eigenvalue weighted by Crippen LogP contribution is 2.33. The van der Waals surface area contributed by atoms with E-state index in [1.165, 1.54) is 0 Å². The second-order valence-corrected chi connectivity index (χ2v) is 7.96. The van der Waals surface area contributed by atoms with Crippen molar-refractivity contribution in [2.75, 3.05) is 25.7 Å². The molecule has 2 aromatic carbocycles. The average Bonchev–Trinajstić information content (AvgIpc) is 2.71. The Morgan fingerprint density at radius 1 is 0.821 bits per heavy atom. The average molecular weight is 521 g/mol. The number of halogens is 2. The van der Waals surface area contributed by atoms with Crippen LogP contribution < -0.4 is 9.47 Å². The van der Waals surface area contributed by atoms with Gasteiger partial charge in [-0.05, 0) is 35.4 Å². The Bertz CT molecular complexity index is 706. The lowest BCUT2D eigenvalue weighted by Crippen LogP contribution is -2.22. The van der Waals surface area contributed by atoms with Crippen molar-refractivity contribution < 1.29 is 22.8 Å². The van der Waals surface area contributed by atoms with E-state index in [2.05, 4.69) is 13.8 Å². The summed E-state index contributed by atoms with van der Waals surface area (Å²) >= 11 is 7.32. The second kappa shape index (κ2) is 11.2. The molecule has 0 unspecified atom stereocenters. The summed E-state index contributed by atoms with van der Waals surface area (Å²) in [5.74, 6) is 1.55. The molecule has 0 fully saturated rings. The van der Waals surface area contributed by atoms with E-state index in [9.17, 15) is 10.2 Å². The minimum Gasteiger partial charge on any atom is -0.491 e. The van der Waals surface area contributed by atoms with Crippen LogP contribution in [0.4, 0.5) is 0 Å². The van der Waals surface area contributed by atoms with Crippen molar-refractivity contribution in [3.05, 3.63) is 59.7 Å². The van der Waals surface area contributed by atoms with Gasteiger partial charge in [0, 0.05) is 5.41 Å². The van der Waals surface area contributed by atoms with Gasteiger partial charge < -0.3 is 22.8 Å². The van der Waals surface area contributed by atoms with Gasteiger partial charge in [-0.25, -0.2) is 0 Å². The van der Waals surface area contributed by atoms with Crippen LogP contribution in [0.5, 0.6) is 11.5 Å². The highest BCUT2D eigenvalue weighted by atomic mass is 127. The van der Waals surface area contributed by atoms with Gasteiger partial charge in [-0.15, -0.1) is 11.6 Å². The predicted molar refractivity (Wildman–Crippen MR) is 119 cm³/mol. The molecule has 2 rings (SSSR count). The Labute approximate surface area is 185 Å². The zero-order chi connectivity index (χ0) is 20.6. The number of aliphatic hydroxyl groups excluding tert-OH is 2. The lowest BCUT2D eigenvalue weighted by molar-refractivity contribution is 0.0768. The summed E-state index contributed by atoms with van der Waals surface area (Å²) in [6.45, 7) is 4.89. The van der Waals surface area contributed by atoms with Crippen LogP contribution >= 0.6 is 34.6 Å². The number of benzene rings is 2. The monoisotopic (exact) mass is 520 g/mol. The van der Waals surface area contributed by atoms with Crippen LogP contribution in [-0.2, 0) is 8.48 Å². The molecule has 0 heterocycles. The van der Waals surface area contributed by atoms with E-state index in [-0.39, 0.29) is 31.1 Å². The van der Waals surface area contributed by atoms with E-state index >= 15 is 0 Å². The maximum absolute atomic E-state index is 9.66. The van der Waals surface area contributed by atoms with Crippen molar-refractivity contribution >= 4 is 34.6 Å². The van der Waals surface area contributed by atoms with Crippen molar-refractivity contribution in [2.45, 2.75) is 31.5 Å². The fourth-order valence-electron chi connectivity index (χ4n) is 2.65. The molecule has 28 heavy (non-hydrogen) atoms. The highest BCUT2D eigenvalue weighted by molar-refractivity contribution is 14.1. The number of alkyl halides is 1. The molecule has 154 valence electrons. The maximum atomic E-state index is 9.66. The number of ether oxygens (including phenoxy) is 2. The van der Waals surface area contributed by atoms with E-state index in [1.807, 2.05) is 48.5 Å². The summed E-state index contributed by atoms with van der Waals surface area (Å²) in [4.78, 5) is 0. The summed E-state index contributed by atoms with van der Waals surface area (Å²) < 4.78 is 16.0. The van der Waals surface area contributed by atoms with Crippen molar-refractivity contribution in [3.63, 3.8) is 0 Å². The van der Waals surface area contributed by atoms with Crippen molar-refractivity contribution in [1.29, 1.82) is 0 Å². The van der Waals surface area contributed by atoms with Crippen LogP contribution in [-0.4, -0.2) is 48.1 Å². The Morgan fingerprint density at radius 2 is 1.25 bits per heavy atom. The van der Waals surface area contributed by atoms with E-state index in [0.717, 1.165) is 11.1 Å². The molecule has 0 saturated heterocycles. The first-order chi connectivity index (χ1) is 13.4. The molecule has 2 atom stereocenters. The molecule has 0 aliphatic carbocycles. The van der Waals surface area contributed by atoms with Gasteiger partial charge in [-0.3, -0.25) is 0 Å². The van der Waals surface area contributed by atoms with Gasteiger partial charge in [0.25, 0.3) is 0 Å². The fraction of sp³-hybridized carbons (Fsp3) is 0.429. The molecule has 7 heteroatoms. The SMILES string of the molecule is CC(C)(c1ccc(OC[C@H](O)CCl)cc1)c1ccc(OC[C@H](O)COI)cc1. The third-order valence-electron chi connectivity index (χ3n) is 4.47. The Balaban J connectivity index is 2.01. The largest absolute Gasteiger partial charge is 0.491 e. The van der Waals surface area contributed by atoms with Gasteiger partial charge in [0.15, 0.2) is 0 Å². The maximum Gasteiger partial charge on any atom is 0.119 e. The highest BCUT2D eigenvalue weighted by Gasteiger charge is 2.23. The minimum absolute atomic E-state index is 0.149. The molecular formula is C21H26ClIO5. The summed E-state index contributed by atoms with van der Waals surface area (Å²) in [6, 6.07) is 15.7. The van der Waals surface area contributed by atoms with Gasteiger partial charge in [0.2, 0.25) is 0 Å². The van der Waals surface area contributed by atoms with Gasteiger partial charge in [0.1, 0.15) is 59.9 Å². The molecule has 0 spiro atoms. The fourth-order valence-corrected chi connectivity index (χ4v) is 3.16. The molecule has 0 aromatic heterocycles. The number of rotatable bonds is 11. The van der Waals surface area contributed by atoms with Crippen LogP contribution in [0, 0.1) is 0 Å². The standard InChI is InChI=1S/C21H26ClIO5/c1-21(2,15-3-7-19(8-4-15)26-12-17(24)11-22)16-5-9-20(10-6-16)27-13-18(25)14-28-23/h3-10,17-18,24-25H,11-14H2,1-2H3/t17-,18+/m1/s1. The molecular weight excluding hydrogens is 495 g/mol. The van der Waals surface area contributed by atoms with Crippen LogP contribution in [0.25, 0.3) is 0 Å². The van der Waals surface area contributed by atoms with E-state index in [4.69, 9.17) is 24.1 Å². The first-order valence-electron chi connectivity index (χ1n) is 8.99. The first-order valence-corrected chi connectivity index (χ1v) is 10.4. The van der Waals surface area contributed by atoms with Gasteiger partial charge in [-0.1, -0.05) is 38.1 Å². The zero-order valence-electron chi connectivity index (χ0n) is 16.0. The molecule has 0 radical (unpaired) electrons. The molecule has 2 N–H and O–H groups in total. The van der Waals surface area contributed by atoms with Gasteiger partial charge >= 0.3 is 0 Å².